The highest BCUT2D eigenvalue weighted by atomic mass is 127. The van der Waals surface area contributed by atoms with Crippen LogP contribution in [0.3, 0.4) is 0 Å². The monoisotopic (exact) mass is 494 g/mol. The summed E-state index contributed by atoms with van der Waals surface area (Å²) in [5.41, 5.74) is 3.37. The van der Waals surface area contributed by atoms with Crippen LogP contribution in [0.5, 0.6) is 5.75 Å². The van der Waals surface area contributed by atoms with Crippen molar-refractivity contribution in [2.45, 2.75) is 19.4 Å². The van der Waals surface area contributed by atoms with Gasteiger partial charge in [-0.1, -0.05) is 30.3 Å². The van der Waals surface area contributed by atoms with Gasteiger partial charge in [-0.3, -0.25) is 9.79 Å². The number of methoxy groups -OCH3 is 1. The van der Waals surface area contributed by atoms with Crippen LogP contribution in [0.25, 0.3) is 0 Å². The van der Waals surface area contributed by atoms with Crippen molar-refractivity contribution in [2.24, 2.45) is 4.99 Å². The SMILES string of the molecule is CN=C(NCC(=O)N1CCCc2ccccc21)NCc1ccc(OC)cc1.I. The predicted octanol–water partition coefficient (Wildman–Crippen LogP) is 2.96. The maximum absolute atomic E-state index is 12.7. The van der Waals surface area contributed by atoms with Crippen LogP contribution in [0.15, 0.2) is 53.5 Å². The Labute approximate surface area is 183 Å². The minimum absolute atomic E-state index is 0. The summed E-state index contributed by atoms with van der Waals surface area (Å²) in [6, 6.07) is 15.9. The van der Waals surface area contributed by atoms with E-state index in [4.69, 9.17) is 4.74 Å². The van der Waals surface area contributed by atoms with E-state index < -0.39 is 0 Å². The van der Waals surface area contributed by atoms with E-state index in [0.717, 1.165) is 36.4 Å². The van der Waals surface area contributed by atoms with Gasteiger partial charge in [0.25, 0.3) is 0 Å². The predicted molar refractivity (Wildman–Crippen MR) is 124 cm³/mol. The van der Waals surface area contributed by atoms with Crippen LogP contribution < -0.4 is 20.3 Å². The van der Waals surface area contributed by atoms with Crippen LogP contribution in [0.4, 0.5) is 5.69 Å². The molecule has 0 fully saturated rings. The maximum Gasteiger partial charge on any atom is 0.246 e. The molecular formula is C21H27IN4O2. The van der Waals surface area contributed by atoms with Crippen LogP contribution in [0.1, 0.15) is 17.5 Å². The highest BCUT2D eigenvalue weighted by molar-refractivity contribution is 14.0. The molecule has 0 bridgehead atoms. The third-order valence-corrected chi connectivity index (χ3v) is 4.66. The zero-order chi connectivity index (χ0) is 19.1. The highest BCUT2D eigenvalue weighted by Gasteiger charge is 2.21. The summed E-state index contributed by atoms with van der Waals surface area (Å²) in [4.78, 5) is 18.8. The lowest BCUT2D eigenvalue weighted by Gasteiger charge is -2.29. The molecule has 0 saturated carbocycles. The highest BCUT2D eigenvalue weighted by Crippen LogP contribution is 2.26. The number of carbonyl (C=O) groups is 1. The summed E-state index contributed by atoms with van der Waals surface area (Å²) in [6.45, 7) is 1.58. The van der Waals surface area contributed by atoms with Crippen molar-refractivity contribution in [1.82, 2.24) is 10.6 Å². The molecule has 0 radical (unpaired) electrons. The maximum atomic E-state index is 12.7. The fourth-order valence-electron chi connectivity index (χ4n) is 3.20. The van der Waals surface area contributed by atoms with Gasteiger partial charge in [-0.2, -0.15) is 0 Å². The Hall–Kier alpha value is -2.29. The molecule has 2 N–H and O–H groups in total. The number of aryl methyl sites for hydroxylation is 1. The number of hydrogen-bond donors (Lipinski definition) is 2. The number of amides is 1. The number of hydrogen-bond acceptors (Lipinski definition) is 3. The van der Waals surface area contributed by atoms with E-state index in [1.54, 1.807) is 14.2 Å². The lowest BCUT2D eigenvalue weighted by Crippen LogP contribution is -2.45. The molecule has 0 aliphatic carbocycles. The summed E-state index contributed by atoms with van der Waals surface area (Å²) < 4.78 is 5.16. The average molecular weight is 494 g/mol. The second-order valence-corrected chi connectivity index (χ2v) is 6.41. The van der Waals surface area contributed by atoms with E-state index in [1.807, 2.05) is 47.4 Å². The quantitative estimate of drug-likeness (QED) is 0.381. The van der Waals surface area contributed by atoms with Crippen molar-refractivity contribution < 1.29 is 9.53 Å². The van der Waals surface area contributed by atoms with Gasteiger partial charge in [0.15, 0.2) is 5.96 Å². The van der Waals surface area contributed by atoms with E-state index >= 15 is 0 Å². The summed E-state index contributed by atoms with van der Waals surface area (Å²) in [5.74, 6) is 1.48. The number of nitrogens with zero attached hydrogens (tertiary/aromatic N) is 2. The number of carbonyl (C=O) groups excluding carboxylic acids is 1. The van der Waals surface area contributed by atoms with Crippen molar-refractivity contribution >= 4 is 41.5 Å². The van der Waals surface area contributed by atoms with Gasteiger partial charge in [-0.15, -0.1) is 24.0 Å². The van der Waals surface area contributed by atoms with Gasteiger partial charge in [-0.05, 0) is 42.2 Å². The van der Waals surface area contributed by atoms with E-state index in [1.165, 1.54) is 5.56 Å². The molecule has 1 aliphatic rings. The van der Waals surface area contributed by atoms with Crippen LogP contribution in [-0.4, -0.2) is 39.1 Å². The molecule has 3 rings (SSSR count). The average Bonchev–Trinajstić information content (AvgIpc) is 2.73. The Kier molecular flexibility index (Phi) is 8.56. The van der Waals surface area contributed by atoms with Crippen LogP contribution in [0, 0.1) is 0 Å². The molecule has 1 amide bonds. The summed E-state index contributed by atoms with van der Waals surface area (Å²) >= 11 is 0. The first-order valence-electron chi connectivity index (χ1n) is 9.17. The van der Waals surface area contributed by atoms with E-state index in [9.17, 15) is 4.79 Å². The minimum atomic E-state index is 0. The molecule has 150 valence electrons. The Bertz CT molecular complexity index is 808. The Morgan fingerprint density at radius 1 is 1.14 bits per heavy atom. The van der Waals surface area contributed by atoms with Crippen molar-refractivity contribution in [2.75, 3.05) is 32.1 Å². The number of guanidine groups is 1. The lowest BCUT2D eigenvalue weighted by molar-refractivity contribution is -0.117. The number of para-hydroxylation sites is 1. The Morgan fingerprint density at radius 2 is 1.89 bits per heavy atom. The number of anilines is 1. The van der Waals surface area contributed by atoms with Gasteiger partial charge in [0.1, 0.15) is 5.75 Å². The fraction of sp³-hybridized carbons (Fsp3) is 0.333. The van der Waals surface area contributed by atoms with E-state index in [0.29, 0.717) is 12.5 Å². The third-order valence-electron chi connectivity index (χ3n) is 4.66. The zero-order valence-electron chi connectivity index (χ0n) is 16.3. The van der Waals surface area contributed by atoms with Crippen molar-refractivity contribution in [1.29, 1.82) is 0 Å². The molecular weight excluding hydrogens is 467 g/mol. The Balaban J connectivity index is 0.00000280. The van der Waals surface area contributed by atoms with E-state index in [2.05, 4.69) is 21.7 Å². The summed E-state index contributed by atoms with van der Waals surface area (Å²) in [7, 11) is 3.35. The third kappa shape index (κ3) is 5.60. The topological polar surface area (TPSA) is 66.0 Å². The van der Waals surface area contributed by atoms with Crippen molar-refractivity contribution in [3.05, 3.63) is 59.7 Å². The smallest absolute Gasteiger partial charge is 0.246 e. The second kappa shape index (κ2) is 10.9. The number of aliphatic imine (C=N–C) groups is 1. The second-order valence-electron chi connectivity index (χ2n) is 6.41. The number of halogens is 1. The normalized spacial score (nSPS) is 13.2. The van der Waals surface area contributed by atoms with Gasteiger partial charge in [0.2, 0.25) is 5.91 Å². The molecule has 0 saturated heterocycles. The summed E-state index contributed by atoms with van der Waals surface area (Å²) in [6.07, 6.45) is 2.02. The zero-order valence-corrected chi connectivity index (χ0v) is 18.6. The molecule has 2 aromatic rings. The molecule has 0 atom stereocenters. The molecule has 28 heavy (non-hydrogen) atoms. The molecule has 0 spiro atoms. The molecule has 1 heterocycles. The van der Waals surface area contributed by atoms with Crippen LogP contribution >= 0.6 is 24.0 Å². The molecule has 7 heteroatoms. The van der Waals surface area contributed by atoms with Crippen molar-refractivity contribution in [3.8, 4) is 5.75 Å². The molecule has 0 unspecified atom stereocenters. The Morgan fingerprint density at radius 3 is 2.61 bits per heavy atom. The first-order valence-corrected chi connectivity index (χ1v) is 9.17. The van der Waals surface area contributed by atoms with Gasteiger partial charge < -0.3 is 20.3 Å². The largest absolute Gasteiger partial charge is 0.497 e. The molecule has 2 aromatic carbocycles. The molecule has 0 aromatic heterocycles. The number of ether oxygens (including phenoxy) is 1. The van der Waals surface area contributed by atoms with Gasteiger partial charge >= 0.3 is 0 Å². The minimum Gasteiger partial charge on any atom is -0.497 e. The van der Waals surface area contributed by atoms with Crippen LogP contribution in [-0.2, 0) is 17.8 Å². The van der Waals surface area contributed by atoms with Crippen molar-refractivity contribution in [3.63, 3.8) is 0 Å². The van der Waals surface area contributed by atoms with Gasteiger partial charge in [-0.25, -0.2) is 0 Å². The molecule has 6 nitrogen and oxygen atoms in total. The number of rotatable bonds is 5. The molecule has 1 aliphatic heterocycles. The number of benzene rings is 2. The number of fused-ring (bicyclic) bond motifs is 1. The van der Waals surface area contributed by atoms with E-state index in [-0.39, 0.29) is 36.4 Å². The summed E-state index contributed by atoms with van der Waals surface area (Å²) in [5, 5.41) is 6.34. The van der Waals surface area contributed by atoms with Gasteiger partial charge in [0, 0.05) is 25.8 Å². The van der Waals surface area contributed by atoms with Crippen LogP contribution in [0.2, 0.25) is 0 Å². The van der Waals surface area contributed by atoms with Gasteiger partial charge in [0.05, 0.1) is 13.7 Å². The fourth-order valence-corrected chi connectivity index (χ4v) is 3.20. The standard InChI is InChI=1S/C21H26N4O2.HI/c1-22-21(23-14-16-9-11-18(27-2)12-10-16)24-15-20(26)25-13-5-7-17-6-3-4-8-19(17)25;/h3-4,6,8-12H,5,7,13-15H2,1-2H3,(H2,22,23,24);1H. The first-order chi connectivity index (χ1) is 13.2. The number of nitrogens with one attached hydrogen (secondary N) is 2. The first kappa shape index (κ1) is 22.0. The lowest BCUT2D eigenvalue weighted by atomic mass is 10.0.